The molecule has 0 saturated carbocycles. The first-order valence-corrected chi connectivity index (χ1v) is 8.32. The predicted molar refractivity (Wildman–Crippen MR) is 86.2 cm³/mol. The van der Waals surface area contributed by atoms with E-state index in [-0.39, 0.29) is 10.6 Å². The molecule has 0 aliphatic heterocycles. The fourth-order valence-corrected chi connectivity index (χ4v) is 3.18. The highest BCUT2D eigenvalue weighted by molar-refractivity contribution is 7.87. The van der Waals surface area contributed by atoms with Gasteiger partial charge in [-0.05, 0) is 37.6 Å². The maximum absolute atomic E-state index is 12.4. The standard InChI is InChI=1S/C17H14O5S/c1-11-6-8-13(9-7-11)23(19,20)22-15-10-16(18)21-17-12(2)4-3-5-14(15)17/h3-10H,1-2H3. The van der Waals surface area contributed by atoms with Gasteiger partial charge in [-0.3, -0.25) is 0 Å². The fourth-order valence-electron chi connectivity index (χ4n) is 2.24. The summed E-state index contributed by atoms with van der Waals surface area (Å²) in [6.45, 7) is 3.62. The first kappa shape index (κ1) is 15.3. The molecular weight excluding hydrogens is 316 g/mol. The zero-order chi connectivity index (χ0) is 16.6. The molecule has 0 unspecified atom stereocenters. The van der Waals surface area contributed by atoms with E-state index >= 15 is 0 Å². The number of hydrogen-bond donors (Lipinski definition) is 0. The van der Waals surface area contributed by atoms with Gasteiger partial charge in [0.05, 0.1) is 11.5 Å². The molecule has 3 rings (SSSR count). The van der Waals surface area contributed by atoms with Crippen molar-refractivity contribution in [3.63, 3.8) is 0 Å². The third-order valence-corrected chi connectivity index (χ3v) is 4.69. The lowest BCUT2D eigenvalue weighted by molar-refractivity contribution is 0.482. The molecule has 0 atom stereocenters. The van der Waals surface area contributed by atoms with Gasteiger partial charge in [0.25, 0.3) is 0 Å². The van der Waals surface area contributed by atoms with Crippen molar-refractivity contribution in [2.45, 2.75) is 18.7 Å². The number of rotatable bonds is 3. The van der Waals surface area contributed by atoms with Crippen molar-refractivity contribution in [3.05, 3.63) is 70.1 Å². The Hall–Kier alpha value is -2.60. The van der Waals surface area contributed by atoms with Crippen LogP contribution in [0.25, 0.3) is 11.0 Å². The van der Waals surface area contributed by atoms with Crippen molar-refractivity contribution in [2.24, 2.45) is 0 Å². The van der Waals surface area contributed by atoms with Crippen molar-refractivity contribution >= 4 is 21.1 Å². The van der Waals surface area contributed by atoms with E-state index in [9.17, 15) is 13.2 Å². The Kier molecular flexibility index (Phi) is 3.69. The third-order valence-electron chi connectivity index (χ3n) is 3.44. The maximum atomic E-state index is 12.4. The molecule has 1 aromatic heterocycles. The lowest BCUT2D eigenvalue weighted by Gasteiger charge is -2.09. The smallest absolute Gasteiger partial charge is 0.340 e. The van der Waals surface area contributed by atoms with E-state index in [2.05, 4.69) is 0 Å². The largest absolute Gasteiger partial charge is 0.422 e. The van der Waals surface area contributed by atoms with Gasteiger partial charge in [0.2, 0.25) is 0 Å². The van der Waals surface area contributed by atoms with Crippen LogP contribution in [0, 0.1) is 13.8 Å². The van der Waals surface area contributed by atoms with Crippen LogP contribution in [0.15, 0.2) is 62.6 Å². The molecule has 0 saturated heterocycles. The van der Waals surface area contributed by atoms with Crippen LogP contribution in [0.2, 0.25) is 0 Å². The van der Waals surface area contributed by atoms with Gasteiger partial charge in [-0.2, -0.15) is 8.42 Å². The van der Waals surface area contributed by atoms with E-state index in [0.717, 1.165) is 17.2 Å². The molecule has 0 spiro atoms. The molecular formula is C17H14O5S. The molecule has 2 aromatic carbocycles. The lowest BCUT2D eigenvalue weighted by atomic mass is 10.1. The molecule has 1 heterocycles. The molecule has 0 radical (unpaired) electrons. The van der Waals surface area contributed by atoms with Crippen molar-refractivity contribution in [3.8, 4) is 5.75 Å². The lowest BCUT2D eigenvalue weighted by Crippen LogP contribution is -2.11. The summed E-state index contributed by atoms with van der Waals surface area (Å²) in [6.07, 6.45) is 0. The summed E-state index contributed by atoms with van der Waals surface area (Å²) in [5.41, 5.74) is 1.30. The Morgan fingerprint density at radius 2 is 1.70 bits per heavy atom. The molecule has 5 nitrogen and oxygen atoms in total. The average molecular weight is 330 g/mol. The van der Waals surface area contributed by atoms with Gasteiger partial charge >= 0.3 is 15.7 Å². The molecule has 6 heteroatoms. The van der Waals surface area contributed by atoms with Gasteiger partial charge in [0.1, 0.15) is 10.5 Å². The highest BCUT2D eigenvalue weighted by atomic mass is 32.2. The Balaban J connectivity index is 2.13. The Labute approximate surface area is 133 Å². The van der Waals surface area contributed by atoms with Crippen LogP contribution >= 0.6 is 0 Å². The van der Waals surface area contributed by atoms with Gasteiger partial charge in [0, 0.05) is 0 Å². The van der Waals surface area contributed by atoms with Crippen LogP contribution in [0.5, 0.6) is 5.75 Å². The second kappa shape index (κ2) is 5.55. The quantitative estimate of drug-likeness (QED) is 0.545. The highest BCUT2D eigenvalue weighted by Crippen LogP contribution is 2.28. The molecule has 0 aliphatic carbocycles. The third kappa shape index (κ3) is 2.98. The molecule has 0 fully saturated rings. The second-order valence-corrected chi connectivity index (χ2v) is 6.78. The molecule has 0 bridgehead atoms. The van der Waals surface area contributed by atoms with E-state index < -0.39 is 15.7 Å². The first-order chi connectivity index (χ1) is 10.9. The van der Waals surface area contributed by atoms with Crippen LogP contribution in [-0.2, 0) is 10.1 Å². The summed E-state index contributed by atoms with van der Waals surface area (Å²) in [7, 11) is -4.03. The first-order valence-electron chi connectivity index (χ1n) is 6.91. The second-order valence-electron chi connectivity index (χ2n) is 5.23. The van der Waals surface area contributed by atoms with Crippen molar-refractivity contribution in [1.82, 2.24) is 0 Å². The fraction of sp³-hybridized carbons (Fsp3) is 0.118. The minimum atomic E-state index is -4.03. The zero-order valence-corrected chi connectivity index (χ0v) is 13.4. The molecule has 0 aliphatic rings. The van der Waals surface area contributed by atoms with Crippen LogP contribution in [0.1, 0.15) is 11.1 Å². The average Bonchev–Trinajstić information content (AvgIpc) is 2.48. The summed E-state index contributed by atoms with van der Waals surface area (Å²) < 4.78 is 35.1. The van der Waals surface area contributed by atoms with E-state index in [4.69, 9.17) is 8.60 Å². The topological polar surface area (TPSA) is 73.6 Å². The number of hydrogen-bond acceptors (Lipinski definition) is 5. The summed E-state index contributed by atoms with van der Waals surface area (Å²) >= 11 is 0. The van der Waals surface area contributed by atoms with Crippen molar-refractivity contribution in [1.29, 1.82) is 0 Å². The Morgan fingerprint density at radius 3 is 2.39 bits per heavy atom. The van der Waals surface area contributed by atoms with Crippen molar-refractivity contribution < 1.29 is 17.0 Å². The summed E-state index contributed by atoms with van der Waals surface area (Å²) in [4.78, 5) is 11.7. The van der Waals surface area contributed by atoms with Crippen LogP contribution in [-0.4, -0.2) is 8.42 Å². The molecule has 118 valence electrons. The molecule has 0 N–H and O–H groups in total. The SMILES string of the molecule is Cc1ccc(S(=O)(=O)Oc2cc(=O)oc3c(C)cccc23)cc1. The normalized spacial score (nSPS) is 11.6. The number of para-hydroxylation sites is 1. The highest BCUT2D eigenvalue weighted by Gasteiger charge is 2.19. The Morgan fingerprint density at radius 1 is 1.00 bits per heavy atom. The van der Waals surface area contributed by atoms with E-state index in [1.165, 1.54) is 12.1 Å². The van der Waals surface area contributed by atoms with Crippen LogP contribution in [0.3, 0.4) is 0 Å². The monoisotopic (exact) mass is 330 g/mol. The van der Waals surface area contributed by atoms with E-state index in [0.29, 0.717) is 11.0 Å². The van der Waals surface area contributed by atoms with Gasteiger partial charge in [0.15, 0.2) is 5.75 Å². The summed E-state index contributed by atoms with van der Waals surface area (Å²) in [5, 5.41) is 0.431. The summed E-state index contributed by atoms with van der Waals surface area (Å²) in [6, 6.07) is 12.5. The number of fused-ring (bicyclic) bond motifs is 1. The van der Waals surface area contributed by atoms with E-state index in [1.807, 2.05) is 6.92 Å². The number of aryl methyl sites for hydroxylation is 2. The van der Waals surface area contributed by atoms with E-state index in [1.54, 1.807) is 37.3 Å². The van der Waals surface area contributed by atoms with Gasteiger partial charge < -0.3 is 8.60 Å². The molecule has 3 aromatic rings. The van der Waals surface area contributed by atoms with Gasteiger partial charge in [-0.25, -0.2) is 4.79 Å². The maximum Gasteiger partial charge on any atom is 0.340 e. The molecule has 23 heavy (non-hydrogen) atoms. The van der Waals surface area contributed by atoms with Crippen LogP contribution in [0.4, 0.5) is 0 Å². The van der Waals surface area contributed by atoms with Crippen molar-refractivity contribution in [2.75, 3.05) is 0 Å². The zero-order valence-electron chi connectivity index (χ0n) is 12.6. The number of benzene rings is 2. The minimum Gasteiger partial charge on any atom is -0.422 e. The molecule has 0 amide bonds. The van der Waals surface area contributed by atoms with Gasteiger partial charge in [-0.15, -0.1) is 0 Å². The van der Waals surface area contributed by atoms with Gasteiger partial charge in [-0.1, -0.05) is 29.8 Å². The minimum absolute atomic E-state index is 0.0251. The predicted octanol–water partition coefficient (Wildman–Crippen LogP) is 3.18. The summed E-state index contributed by atoms with van der Waals surface area (Å²) in [5.74, 6) is -0.0412. The van der Waals surface area contributed by atoms with Crippen LogP contribution < -0.4 is 9.81 Å². The Bertz CT molecular complexity index is 1030.